The summed E-state index contributed by atoms with van der Waals surface area (Å²) in [5, 5.41) is 4.09. The van der Waals surface area contributed by atoms with Crippen molar-refractivity contribution in [2.45, 2.75) is 12.8 Å². The van der Waals surface area contributed by atoms with Gasteiger partial charge >= 0.3 is 0 Å². The van der Waals surface area contributed by atoms with Crippen LogP contribution in [0.2, 0.25) is 0 Å². The van der Waals surface area contributed by atoms with Gasteiger partial charge in [0.2, 0.25) is 0 Å². The first-order valence-electron chi connectivity index (χ1n) is 8.25. The largest absolute Gasteiger partial charge is 0.497 e. The first-order chi connectivity index (χ1) is 11.7. The number of nitrogens with zero attached hydrogens (tertiary/aromatic N) is 2. The lowest BCUT2D eigenvalue weighted by atomic mass is 9.97. The van der Waals surface area contributed by atoms with Gasteiger partial charge in [0.15, 0.2) is 0 Å². The van der Waals surface area contributed by atoms with Crippen LogP contribution in [0.5, 0.6) is 5.75 Å². The Hall–Kier alpha value is -1.92. The Morgan fingerprint density at radius 2 is 2.04 bits per heavy atom. The molecule has 0 unspecified atom stereocenters. The standard InChI is InChI=1S/C18H23N3O2S/c1-19-11-13-7-9-21(10-8-13)18(22)16-12-20-17(24-16)14-3-5-15(23-2)6-4-14/h3-6,12-13,19H,7-11H2,1-2H3. The van der Waals surface area contributed by atoms with Crippen LogP contribution in [-0.4, -0.2) is 49.6 Å². The highest BCUT2D eigenvalue weighted by molar-refractivity contribution is 7.16. The minimum atomic E-state index is 0.107. The van der Waals surface area contributed by atoms with Crippen molar-refractivity contribution >= 4 is 17.2 Å². The molecule has 0 spiro atoms. The molecule has 0 radical (unpaired) electrons. The molecule has 0 aliphatic carbocycles. The smallest absolute Gasteiger partial charge is 0.265 e. The predicted octanol–water partition coefficient (Wildman–Crippen LogP) is 2.89. The fourth-order valence-corrected chi connectivity index (χ4v) is 3.91. The molecule has 1 N–H and O–H groups in total. The summed E-state index contributed by atoms with van der Waals surface area (Å²) in [4.78, 5) is 19.8. The van der Waals surface area contributed by atoms with Gasteiger partial charge in [-0.15, -0.1) is 11.3 Å². The summed E-state index contributed by atoms with van der Waals surface area (Å²) in [5.41, 5.74) is 1.01. The molecule has 128 valence electrons. The Bertz CT molecular complexity index is 676. The number of carbonyl (C=O) groups excluding carboxylic acids is 1. The number of benzene rings is 1. The average Bonchev–Trinajstić information content (AvgIpc) is 3.12. The molecule has 1 aliphatic heterocycles. The van der Waals surface area contributed by atoms with Crippen molar-refractivity contribution in [2.24, 2.45) is 5.92 Å². The van der Waals surface area contributed by atoms with Crippen molar-refractivity contribution in [3.05, 3.63) is 35.3 Å². The third kappa shape index (κ3) is 3.76. The Labute approximate surface area is 146 Å². The van der Waals surface area contributed by atoms with Crippen molar-refractivity contribution < 1.29 is 9.53 Å². The summed E-state index contributed by atoms with van der Waals surface area (Å²) >= 11 is 1.46. The topological polar surface area (TPSA) is 54.5 Å². The molecule has 1 amide bonds. The lowest BCUT2D eigenvalue weighted by Crippen LogP contribution is -2.40. The lowest BCUT2D eigenvalue weighted by molar-refractivity contribution is 0.0695. The summed E-state index contributed by atoms with van der Waals surface area (Å²) in [6, 6.07) is 7.75. The molecule has 1 aromatic heterocycles. The molecule has 0 saturated carbocycles. The van der Waals surface area contributed by atoms with E-state index in [0.717, 1.165) is 48.8 Å². The summed E-state index contributed by atoms with van der Waals surface area (Å²) in [6.45, 7) is 2.70. The van der Waals surface area contributed by atoms with Gasteiger partial charge in [0.1, 0.15) is 15.6 Å². The molecule has 5 nitrogen and oxygen atoms in total. The van der Waals surface area contributed by atoms with E-state index in [0.29, 0.717) is 10.8 Å². The van der Waals surface area contributed by atoms with Gasteiger partial charge in [0, 0.05) is 18.7 Å². The van der Waals surface area contributed by atoms with Crippen molar-refractivity contribution in [3.8, 4) is 16.3 Å². The summed E-state index contributed by atoms with van der Waals surface area (Å²) < 4.78 is 5.17. The summed E-state index contributed by atoms with van der Waals surface area (Å²) in [7, 11) is 3.63. The number of piperidine rings is 1. The Kier molecular flexibility index (Phi) is 5.48. The number of methoxy groups -OCH3 is 1. The average molecular weight is 345 g/mol. The van der Waals surface area contributed by atoms with Crippen LogP contribution in [0.3, 0.4) is 0 Å². The third-order valence-electron chi connectivity index (χ3n) is 4.45. The molecule has 1 saturated heterocycles. The first kappa shape index (κ1) is 16.9. The second-order valence-corrected chi connectivity index (χ2v) is 7.08. The zero-order chi connectivity index (χ0) is 16.9. The van der Waals surface area contributed by atoms with Crippen molar-refractivity contribution in [1.29, 1.82) is 0 Å². The van der Waals surface area contributed by atoms with Crippen LogP contribution < -0.4 is 10.1 Å². The van der Waals surface area contributed by atoms with Crippen LogP contribution in [0.15, 0.2) is 30.5 Å². The maximum atomic E-state index is 12.7. The van der Waals surface area contributed by atoms with Crippen LogP contribution in [0, 0.1) is 5.92 Å². The van der Waals surface area contributed by atoms with Crippen LogP contribution >= 0.6 is 11.3 Å². The van der Waals surface area contributed by atoms with Gasteiger partial charge in [-0.3, -0.25) is 4.79 Å². The second kappa shape index (κ2) is 7.77. The van der Waals surface area contributed by atoms with E-state index >= 15 is 0 Å². The van der Waals surface area contributed by atoms with Crippen LogP contribution in [0.25, 0.3) is 10.6 Å². The van der Waals surface area contributed by atoms with Crippen molar-refractivity contribution in [2.75, 3.05) is 33.8 Å². The number of amides is 1. The van der Waals surface area contributed by atoms with E-state index in [1.807, 2.05) is 36.2 Å². The number of ether oxygens (including phenoxy) is 1. The van der Waals surface area contributed by atoms with Gasteiger partial charge in [0.25, 0.3) is 5.91 Å². The predicted molar refractivity (Wildman–Crippen MR) is 96.7 cm³/mol. The van der Waals surface area contributed by atoms with E-state index < -0.39 is 0 Å². The van der Waals surface area contributed by atoms with E-state index in [4.69, 9.17) is 4.74 Å². The van der Waals surface area contributed by atoms with E-state index in [-0.39, 0.29) is 5.91 Å². The van der Waals surface area contributed by atoms with E-state index in [2.05, 4.69) is 10.3 Å². The summed E-state index contributed by atoms with van der Waals surface area (Å²) in [5.74, 6) is 1.60. The lowest BCUT2D eigenvalue weighted by Gasteiger charge is -2.31. The monoisotopic (exact) mass is 345 g/mol. The number of carbonyl (C=O) groups is 1. The normalized spacial score (nSPS) is 15.5. The molecule has 0 bridgehead atoms. The van der Waals surface area contributed by atoms with Crippen LogP contribution in [0.1, 0.15) is 22.5 Å². The molecular weight excluding hydrogens is 322 g/mol. The van der Waals surface area contributed by atoms with E-state index in [1.54, 1.807) is 13.3 Å². The zero-order valence-corrected chi connectivity index (χ0v) is 14.9. The van der Waals surface area contributed by atoms with Gasteiger partial charge < -0.3 is 15.0 Å². The van der Waals surface area contributed by atoms with Crippen LogP contribution in [-0.2, 0) is 0 Å². The van der Waals surface area contributed by atoms with Gasteiger partial charge in [-0.05, 0) is 56.6 Å². The fourth-order valence-electron chi connectivity index (χ4n) is 3.02. The third-order valence-corrected chi connectivity index (χ3v) is 5.48. The number of hydrogen-bond donors (Lipinski definition) is 1. The molecule has 0 atom stereocenters. The molecule has 2 heterocycles. The molecule has 1 aliphatic rings. The number of nitrogens with one attached hydrogen (secondary N) is 1. The van der Waals surface area contributed by atoms with Crippen LogP contribution in [0.4, 0.5) is 0 Å². The fraction of sp³-hybridized carbons (Fsp3) is 0.444. The highest BCUT2D eigenvalue weighted by Gasteiger charge is 2.24. The molecule has 6 heteroatoms. The minimum Gasteiger partial charge on any atom is -0.497 e. The van der Waals surface area contributed by atoms with Gasteiger partial charge in [-0.25, -0.2) is 4.98 Å². The quantitative estimate of drug-likeness (QED) is 0.905. The number of likely N-dealkylation sites (tertiary alicyclic amines) is 1. The van der Waals surface area contributed by atoms with Gasteiger partial charge in [-0.2, -0.15) is 0 Å². The molecule has 1 fully saturated rings. The van der Waals surface area contributed by atoms with Crippen molar-refractivity contribution in [1.82, 2.24) is 15.2 Å². The van der Waals surface area contributed by atoms with Gasteiger partial charge in [-0.1, -0.05) is 0 Å². The second-order valence-electron chi connectivity index (χ2n) is 6.05. The Morgan fingerprint density at radius 3 is 2.67 bits per heavy atom. The molecule has 3 rings (SSSR count). The number of aromatic nitrogens is 1. The highest BCUT2D eigenvalue weighted by Crippen LogP contribution is 2.28. The molecular formula is C18H23N3O2S. The number of hydrogen-bond acceptors (Lipinski definition) is 5. The summed E-state index contributed by atoms with van der Waals surface area (Å²) in [6.07, 6.45) is 3.83. The molecule has 24 heavy (non-hydrogen) atoms. The maximum Gasteiger partial charge on any atom is 0.265 e. The Balaban J connectivity index is 1.65. The molecule has 2 aromatic rings. The maximum absolute atomic E-state index is 12.7. The minimum absolute atomic E-state index is 0.107. The number of thiazole rings is 1. The molecule has 1 aromatic carbocycles. The van der Waals surface area contributed by atoms with Crippen molar-refractivity contribution in [3.63, 3.8) is 0 Å². The van der Waals surface area contributed by atoms with E-state index in [1.165, 1.54) is 11.3 Å². The first-order valence-corrected chi connectivity index (χ1v) is 9.07. The van der Waals surface area contributed by atoms with E-state index in [9.17, 15) is 4.79 Å². The van der Waals surface area contributed by atoms with Gasteiger partial charge in [0.05, 0.1) is 13.3 Å². The SMILES string of the molecule is CNCC1CCN(C(=O)c2cnc(-c3ccc(OC)cc3)s2)CC1. The zero-order valence-electron chi connectivity index (χ0n) is 14.1. The Morgan fingerprint density at radius 1 is 1.33 bits per heavy atom. The number of rotatable bonds is 5. The highest BCUT2D eigenvalue weighted by atomic mass is 32.1.